The van der Waals surface area contributed by atoms with E-state index < -0.39 is 4.92 Å². The van der Waals surface area contributed by atoms with E-state index in [1.54, 1.807) is 6.07 Å². The van der Waals surface area contributed by atoms with Crippen LogP contribution in [-0.2, 0) is 0 Å². The van der Waals surface area contributed by atoms with Crippen LogP contribution in [0.1, 0.15) is 22.5 Å². The fourth-order valence-corrected chi connectivity index (χ4v) is 3.74. The van der Waals surface area contributed by atoms with Crippen LogP contribution < -0.4 is 0 Å². The molecular formula is C12H15N3O3S. The van der Waals surface area contributed by atoms with Crippen LogP contribution in [0.4, 0.5) is 5.00 Å². The Hall–Kier alpha value is -1.47. The van der Waals surface area contributed by atoms with Crippen LogP contribution >= 0.6 is 11.3 Å². The maximum absolute atomic E-state index is 12.5. The van der Waals surface area contributed by atoms with Crippen molar-refractivity contribution in [2.75, 3.05) is 20.1 Å². The minimum Gasteiger partial charge on any atom is -0.322 e. The minimum atomic E-state index is -0.448. The number of hydrogen-bond acceptors (Lipinski definition) is 5. The van der Waals surface area contributed by atoms with Gasteiger partial charge >= 0.3 is 5.00 Å². The number of rotatable bonds is 2. The normalized spacial score (nSPS) is 26.7. The van der Waals surface area contributed by atoms with Gasteiger partial charge in [-0.25, -0.2) is 0 Å². The summed E-state index contributed by atoms with van der Waals surface area (Å²) >= 11 is 0.963. The van der Waals surface area contributed by atoms with Crippen molar-refractivity contribution in [1.82, 2.24) is 9.80 Å². The molecule has 1 aromatic rings. The standard InChI is InChI=1S/C12H15N3O3S/c1-13-5-4-8-6-10(13)14(7-8)12(16)9-2-3-11(19-9)15(17)18/h2-3,8,10H,4-7H2,1H3. The Balaban J connectivity index is 1.81. The van der Waals surface area contributed by atoms with Gasteiger partial charge in [0.1, 0.15) is 0 Å². The first-order chi connectivity index (χ1) is 9.06. The third-order valence-electron chi connectivity index (χ3n) is 4.00. The van der Waals surface area contributed by atoms with E-state index in [-0.39, 0.29) is 17.1 Å². The molecule has 0 N–H and O–H groups in total. The SMILES string of the molecule is CN1CCC2CC1N(C(=O)c1ccc([N+](=O)[O-])s1)C2. The summed E-state index contributed by atoms with van der Waals surface area (Å²) in [5, 5.41) is 10.7. The van der Waals surface area contributed by atoms with Crippen molar-refractivity contribution in [2.45, 2.75) is 19.0 Å². The number of thiophene rings is 1. The number of piperidine rings is 1. The average molecular weight is 281 g/mol. The van der Waals surface area contributed by atoms with Crippen molar-refractivity contribution in [3.05, 3.63) is 27.1 Å². The number of fused-ring (bicyclic) bond motifs is 2. The van der Waals surface area contributed by atoms with E-state index in [4.69, 9.17) is 0 Å². The number of nitrogens with zero attached hydrogens (tertiary/aromatic N) is 3. The summed E-state index contributed by atoms with van der Waals surface area (Å²) < 4.78 is 0. The molecule has 6 nitrogen and oxygen atoms in total. The van der Waals surface area contributed by atoms with Crippen molar-refractivity contribution < 1.29 is 9.72 Å². The van der Waals surface area contributed by atoms with Crippen LogP contribution in [0.2, 0.25) is 0 Å². The van der Waals surface area contributed by atoms with Gasteiger partial charge in [0.05, 0.1) is 16.0 Å². The first-order valence-corrected chi connectivity index (χ1v) is 7.13. The summed E-state index contributed by atoms with van der Waals surface area (Å²) in [5.41, 5.74) is 0. The van der Waals surface area contributed by atoms with E-state index in [2.05, 4.69) is 4.90 Å². The lowest BCUT2D eigenvalue weighted by Crippen LogP contribution is -2.45. The summed E-state index contributed by atoms with van der Waals surface area (Å²) in [6, 6.07) is 2.97. The molecule has 3 heterocycles. The van der Waals surface area contributed by atoms with Gasteiger partial charge in [-0.1, -0.05) is 11.3 Å². The molecule has 2 bridgehead atoms. The minimum absolute atomic E-state index is 0.0267. The van der Waals surface area contributed by atoms with Crippen molar-refractivity contribution >= 4 is 22.2 Å². The second-order valence-electron chi connectivity index (χ2n) is 5.20. The number of likely N-dealkylation sites (tertiary alicyclic amines) is 2. The van der Waals surface area contributed by atoms with Crippen LogP contribution in [0.15, 0.2) is 12.1 Å². The molecule has 2 aliphatic heterocycles. The van der Waals surface area contributed by atoms with E-state index in [0.29, 0.717) is 10.8 Å². The highest BCUT2D eigenvalue weighted by Crippen LogP contribution is 2.35. The molecule has 1 aromatic heterocycles. The number of nitro groups is 1. The molecule has 0 radical (unpaired) electrons. The summed E-state index contributed by atoms with van der Waals surface area (Å²) in [6.45, 7) is 1.79. The first kappa shape index (κ1) is 12.6. The third-order valence-corrected chi connectivity index (χ3v) is 5.03. The van der Waals surface area contributed by atoms with Gasteiger partial charge in [-0.3, -0.25) is 19.8 Å². The van der Waals surface area contributed by atoms with Crippen LogP contribution in [0.25, 0.3) is 0 Å². The lowest BCUT2D eigenvalue weighted by atomic mass is 10.00. The van der Waals surface area contributed by atoms with E-state index in [9.17, 15) is 14.9 Å². The second kappa shape index (κ2) is 4.57. The van der Waals surface area contributed by atoms with Crippen LogP contribution in [-0.4, -0.2) is 46.9 Å². The van der Waals surface area contributed by atoms with Crippen LogP contribution in [0.3, 0.4) is 0 Å². The molecular weight excluding hydrogens is 266 g/mol. The number of amides is 1. The molecule has 0 saturated carbocycles. The Bertz CT molecular complexity index is 530. The lowest BCUT2D eigenvalue weighted by molar-refractivity contribution is -0.380. The molecule has 1 amide bonds. The topological polar surface area (TPSA) is 66.7 Å². The number of hydrogen-bond donors (Lipinski definition) is 0. The highest BCUT2D eigenvalue weighted by atomic mass is 32.1. The molecule has 2 fully saturated rings. The van der Waals surface area contributed by atoms with Crippen molar-refractivity contribution in [2.24, 2.45) is 5.92 Å². The Morgan fingerprint density at radius 3 is 3.00 bits per heavy atom. The Morgan fingerprint density at radius 1 is 1.53 bits per heavy atom. The van der Waals surface area contributed by atoms with E-state index in [0.717, 1.165) is 37.3 Å². The molecule has 0 spiro atoms. The number of carbonyl (C=O) groups is 1. The van der Waals surface area contributed by atoms with Crippen LogP contribution in [0.5, 0.6) is 0 Å². The second-order valence-corrected chi connectivity index (χ2v) is 6.27. The summed E-state index contributed by atoms with van der Waals surface area (Å²) in [6.07, 6.45) is 2.31. The zero-order valence-electron chi connectivity index (χ0n) is 10.6. The van der Waals surface area contributed by atoms with Gasteiger partial charge < -0.3 is 4.90 Å². The maximum Gasteiger partial charge on any atom is 0.324 e. The van der Waals surface area contributed by atoms with Gasteiger partial charge in [-0.15, -0.1) is 0 Å². The molecule has 7 heteroatoms. The Morgan fingerprint density at radius 2 is 2.32 bits per heavy atom. The predicted molar refractivity (Wildman–Crippen MR) is 71.2 cm³/mol. The molecule has 2 atom stereocenters. The summed E-state index contributed by atoms with van der Waals surface area (Å²) in [5.74, 6) is 0.513. The number of carbonyl (C=O) groups excluding carboxylic acids is 1. The largest absolute Gasteiger partial charge is 0.324 e. The fourth-order valence-electron chi connectivity index (χ4n) is 2.96. The average Bonchev–Trinajstić information content (AvgIpc) is 2.99. The Labute approximate surface area is 114 Å². The zero-order valence-corrected chi connectivity index (χ0v) is 11.4. The van der Waals surface area contributed by atoms with E-state index >= 15 is 0 Å². The molecule has 0 aromatic carbocycles. The Kier molecular flexibility index (Phi) is 3.02. The van der Waals surface area contributed by atoms with Crippen LogP contribution in [0, 0.1) is 16.0 Å². The smallest absolute Gasteiger partial charge is 0.322 e. The van der Waals surface area contributed by atoms with Gasteiger partial charge in [-0.2, -0.15) is 0 Å². The molecule has 2 unspecified atom stereocenters. The quantitative estimate of drug-likeness (QED) is 0.612. The molecule has 2 aliphatic rings. The molecule has 3 rings (SSSR count). The summed E-state index contributed by atoms with van der Waals surface area (Å²) in [4.78, 5) is 27.2. The highest BCUT2D eigenvalue weighted by Gasteiger charge is 2.41. The van der Waals surface area contributed by atoms with Crippen molar-refractivity contribution in [3.8, 4) is 0 Å². The third kappa shape index (κ3) is 2.12. The van der Waals surface area contributed by atoms with Gasteiger partial charge in [0.2, 0.25) is 0 Å². The summed E-state index contributed by atoms with van der Waals surface area (Å²) in [7, 11) is 2.03. The molecule has 2 saturated heterocycles. The highest BCUT2D eigenvalue weighted by molar-refractivity contribution is 7.17. The van der Waals surface area contributed by atoms with Crippen molar-refractivity contribution in [3.63, 3.8) is 0 Å². The van der Waals surface area contributed by atoms with Gasteiger partial charge in [-0.05, 0) is 31.9 Å². The van der Waals surface area contributed by atoms with Gasteiger partial charge in [0, 0.05) is 19.2 Å². The lowest BCUT2D eigenvalue weighted by Gasteiger charge is -2.33. The fraction of sp³-hybridized carbons (Fsp3) is 0.583. The molecule has 0 aliphatic carbocycles. The van der Waals surface area contributed by atoms with Gasteiger partial charge in [0.25, 0.3) is 5.91 Å². The maximum atomic E-state index is 12.5. The molecule has 19 heavy (non-hydrogen) atoms. The van der Waals surface area contributed by atoms with Gasteiger partial charge in [0.15, 0.2) is 0 Å². The first-order valence-electron chi connectivity index (χ1n) is 6.31. The molecule has 102 valence electrons. The van der Waals surface area contributed by atoms with E-state index in [1.165, 1.54) is 6.07 Å². The zero-order chi connectivity index (χ0) is 13.6. The monoisotopic (exact) mass is 281 g/mol. The van der Waals surface area contributed by atoms with Crippen molar-refractivity contribution in [1.29, 1.82) is 0 Å². The predicted octanol–water partition coefficient (Wildman–Crippen LogP) is 1.78. The van der Waals surface area contributed by atoms with E-state index in [1.807, 2.05) is 11.9 Å².